The number of nitrogens with two attached hydrogens (primary N) is 1. The van der Waals surface area contributed by atoms with Crippen LogP contribution in [0.5, 0.6) is 0 Å². The van der Waals surface area contributed by atoms with E-state index in [0.717, 1.165) is 11.8 Å². The van der Waals surface area contributed by atoms with E-state index in [1.54, 1.807) is 6.92 Å². The summed E-state index contributed by atoms with van der Waals surface area (Å²) in [5.74, 6) is -0.203. The number of carbonyl (C=O) groups is 1. The number of thioether (sulfide) groups is 1. The Kier molecular flexibility index (Phi) is 4.74. The van der Waals surface area contributed by atoms with Crippen LogP contribution >= 0.6 is 11.8 Å². The van der Waals surface area contributed by atoms with E-state index in [9.17, 15) is 4.79 Å². The van der Waals surface area contributed by atoms with Gasteiger partial charge >= 0.3 is 5.97 Å². The van der Waals surface area contributed by atoms with E-state index in [4.69, 9.17) is 11.1 Å². The summed E-state index contributed by atoms with van der Waals surface area (Å²) in [6, 6.07) is 0. The van der Waals surface area contributed by atoms with Crippen molar-refractivity contribution in [1.82, 2.24) is 0 Å². The molecule has 0 amide bonds. The maximum absolute atomic E-state index is 10.6. The second-order valence-corrected chi connectivity index (χ2v) is 2.48. The van der Waals surface area contributed by atoms with Crippen molar-refractivity contribution in [2.24, 2.45) is 5.73 Å². The molecule has 0 bridgehead atoms. The van der Waals surface area contributed by atoms with Crippen LogP contribution in [-0.4, -0.2) is 23.5 Å². The average Bonchev–Trinajstić information content (AvgIpc) is 1.85. The van der Waals surface area contributed by atoms with Crippen molar-refractivity contribution in [3.8, 4) is 0 Å². The molecule has 0 spiro atoms. The Hall–Kier alpha value is -0.710. The van der Waals surface area contributed by atoms with Crippen molar-refractivity contribution < 1.29 is 9.53 Å². The minimum atomic E-state index is -0.331. The van der Waals surface area contributed by atoms with E-state index in [1.807, 2.05) is 0 Å². The summed E-state index contributed by atoms with van der Waals surface area (Å²) in [5.41, 5.74) is 4.98. The summed E-state index contributed by atoms with van der Waals surface area (Å²) >= 11 is 0.966. The fraction of sp³-hybridized carbons (Fsp3) is 0.600. The van der Waals surface area contributed by atoms with Crippen LogP contribution in [0.3, 0.4) is 0 Å². The van der Waals surface area contributed by atoms with Gasteiger partial charge in [0.15, 0.2) is 5.17 Å². The normalized spacial score (nSPS) is 8.90. The zero-order chi connectivity index (χ0) is 7.98. The molecule has 0 fully saturated rings. The van der Waals surface area contributed by atoms with E-state index >= 15 is 0 Å². The van der Waals surface area contributed by atoms with Crippen molar-refractivity contribution in [2.45, 2.75) is 6.92 Å². The number of nitrogens with one attached hydrogen (secondary N) is 1. The van der Waals surface area contributed by atoms with Crippen molar-refractivity contribution in [3.05, 3.63) is 0 Å². The summed E-state index contributed by atoms with van der Waals surface area (Å²) in [7, 11) is 0. The van der Waals surface area contributed by atoms with Gasteiger partial charge in [-0.05, 0) is 6.92 Å². The molecule has 0 aromatic rings. The van der Waals surface area contributed by atoms with Gasteiger partial charge in [0.2, 0.25) is 0 Å². The van der Waals surface area contributed by atoms with Gasteiger partial charge in [-0.25, -0.2) is 0 Å². The summed E-state index contributed by atoms with van der Waals surface area (Å²) in [5, 5.41) is 6.69. The maximum atomic E-state index is 10.6. The van der Waals surface area contributed by atoms with Crippen LogP contribution in [0.4, 0.5) is 0 Å². The summed E-state index contributed by atoms with van der Waals surface area (Å²) < 4.78 is 4.58. The topological polar surface area (TPSA) is 76.2 Å². The van der Waals surface area contributed by atoms with Gasteiger partial charge in [0.05, 0.1) is 12.4 Å². The highest BCUT2D eigenvalue weighted by molar-refractivity contribution is 8.14. The van der Waals surface area contributed by atoms with Gasteiger partial charge in [-0.15, -0.1) is 0 Å². The van der Waals surface area contributed by atoms with E-state index in [2.05, 4.69) is 4.74 Å². The quantitative estimate of drug-likeness (QED) is 0.352. The summed E-state index contributed by atoms with van der Waals surface area (Å²) in [6.07, 6.45) is 0. The molecule has 58 valence electrons. The van der Waals surface area contributed by atoms with Gasteiger partial charge < -0.3 is 10.5 Å². The van der Waals surface area contributed by atoms with Gasteiger partial charge in [0.1, 0.15) is 0 Å². The van der Waals surface area contributed by atoms with Crippen LogP contribution in [0.2, 0.25) is 0 Å². The van der Waals surface area contributed by atoms with E-state index < -0.39 is 0 Å². The average molecular weight is 162 g/mol. The predicted octanol–water partition coefficient (Wildman–Crippen LogP) is 0.176. The third-order valence-corrected chi connectivity index (χ3v) is 1.34. The Morgan fingerprint density at radius 3 is 2.80 bits per heavy atom. The van der Waals surface area contributed by atoms with Crippen LogP contribution < -0.4 is 5.73 Å². The highest BCUT2D eigenvalue weighted by Gasteiger charge is 2.01. The molecule has 0 aliphatic carbocycles. The molecule has 0 saturated carbocycles. The second-order valence-electron chi connectivity index (χ2n) is 1.46. The highest BCUT2D eigenvalue weighted by atomic mass is 32.2. The number of amidine groups is 1. The molecule has 0 radical (unpaired) electrons. The molecule has 5 heteroatoms. The van der Waals surface area contributed by atoms with Gasteiger partial charge in [-0.2, -0.15) is 0 Å². The number of hydrogen-bond acceptors (Lipinski definition) is 4. The van der Waals surface area contributed by atoms with Crippen molar-refractivity contribution >= 4 is 22.9 Å². The van der Waals surface area contributed by atoms with Crippen LogP contribution in [-0.2, 0) is 9.53 Å². The Morgan fingerprint density at radius 2 is 2.40 bits per heavy atom. The lowest BCUT2D eigenvalue weighted by Gasteiger charge is -1.98. The fourth-order valence-electron chi connectivity index (χ4n) is 0.339. The molecule has 4 nitrogen and oxygen atoms in total. The number of hydrogen-bond donors (Lipinski definition) is 2. The Morgan fingerprint density at radius 1 is 1.80 bits per heavy atom. The number of esters is 1. The lowest BCUT2D eigenvalue weighted by Crippen LogP contribution is -2.12. The first-order valence-corrected chi connectivity index (χ1v) is 3.77. The van der Waals surface area contributed by atoms with Crippen molar-refractivity contribution in [3.63, 3.8) is 0 Å². The molecule has 0 aromatic carbocycles. The second kappa shape index (κ2) is 5.10. The van der Waals surface area contributed by atoms with E-state index in [0.29, 0.717) is 6.61 Å². The van der Waals surface area contributed by atoms with Gasteiger partial charge in [-0.1, -0.05) is 11.8 Å². The number of ether oxygens (including phenoxy) is 1. The highest BCUT2D eigenvalue weighted by Crippen LogP contribution is 1.97. The molecule has 0 atom stereocenters. The summed E-state index contributed by atoms with van der Waals surface area (Å²) in [6.45, 7) is 2.10. The van der Waals surface area contributed by atoms with Crippen molar-refractivity contribution in [2.75, 3.05) is 12.4 Å². The molecule has 3 N–H and O–H groups in total. The number of rotatable bonds is 3. The first-order valence-electron chi connectivity index (χ1n) is 2.79. The van der Waals surface area contributed by atoms with Gasteiger partial charge in [0, 0.05) is 0 Å². The fourth-order valence-corrected chi connectivity index (χ4v) is 0.696. The maximum Gasteiger partial charge on any atom is 0.316 e. The first-order chi connectivity index (χ1) is 4.66. The van der Waals surface area contributed by atoms with Gasteiger partial charge in [-0.3, -0.25) is 10.2 Å². The predicted molar refractivity (Wildman–Crippen MR) is 41.0 cm³/mol. The lowest BCUT2D eigenvalue weighted by atomic mass is 10.8. The first kappa shape index (κ1) is 9.29. The minimum absolute atomic E-state index is 0.0620. The SMILES string of the molecule is CCOC(=O)CSC(=N)N. The van der Waals surface area contributed by atoms with Crippen LogP contribution in [0, 0.1) is 5.41 Å². The molecular weight excluding hydrogens is 152 g/mol. The van der Waals surface area contributed by atoms with Crippen LogP contribution in [0.25, 0.3) is 0 Å². The minimum Gasteiger partial charge on any atom is -0.465 e. The monoisotopic (exact) mass is 162 g/mol. The zero-order valence-electron chi connectivity index (χ0n) is 5.72. The Labute approximate surface area is 63.6 Å². The molecule has 0 heterocycles. The molecule has 0 rings (SSSR count). The Bertz CT molecular complexity index is 138. The molecule has 0 aliphatic heterocycles. The number of carbonyl (C=O) groups excluding carboxylic acids is 1. The largest absolute Gasteiger partial charge is 0.465 e. The molecule has 0 saturated heterocycles. The van der Waals surface area contributed by atoms with E-state index in [1.165, 1.54) is 0 Å². The molecule has 0 aliphatic rings. The zero-order valence-corrected chi connectivity index (χ0v) is 6.53. The van der Waals surface area contributed by atoms with Crippen LogP contribution in [0.15, 0.2) is 0 Å². The Balaban J connectivity index is 3.30. The third-order valence-electron chi connectivity index (χ3n) is 0.651. The third kappa shape index (κ3) is 5.43. The van der Waals surface area contributed by atoms with Crippen LogP contribution in [0.1, 0.15) is 6.92 Å². The molecular formula is C5H10N2O2S. The van der Waals surface area contributed by atoms with E-state index in [-0.39, 0.29) is 16.9 Å². The lowest BCUT2D eigenvalue weighted by molar-refractivity contribution is -0.139. The standard InChI is InChI=1S/C5H10N2O2S/c1-2-9-4(8)3-10-5(6)7/h2-3H2,1H3,(H3,6,7). The molecule has 0 unspecified atom stereocenters. The molecule has 0 aromatic heterocycles. The van der Waals surface area contributed by atoms with Crippen molar-refractivity contribution in [1.29, 1.82) is 5.41 Å². The smallest absolute Gasteiger partial charge is 0.316 e. The van der Waals surface area contributed by atoms with Gasteiger partial charge in [0.25, 0.3) is 0 Å². The molecule has 10 heavy (non-hydrogen) atoms. The summed E-state index contributed by atoms with van der Waals surface area (Å²) in [4.78, 5) is 10.6.